The van der Waals surface area contributed by atoms with Crippen LogP contribution in [0.3, 0.4) is 0 Å². The molecule has 1 amide bonds. The third kappa shape index (κ3) is 3.93. The van der Waals surface area contributed by atoms with Crippen LogP contribution in [0.4, 0.5) is 0 Å². The van der Waals surface area contributed by atoms with E-state index in [0.29, 0.717) is 17.8 Å². The molecule has 1 atom stereocenters. The lowest BCUT2D eigenvalue weighted by Crippen LogP contribution is -2.38. The average molecular weight is 430 g/mol. The summed E-state index contributed by atoms with van der Waals surface area (Å²) >= 11 is 0. The average Bonchev–Trinajstić information content (AvgIpc) is 3.15. The third-order valence-electron chi connectivity index (χ3n) is 5.85. The standard InChI is InChI=1S/C25H27N5O2/c1-16-10-8-9-11-20(16)14-15-26-24(31)19(4)30-25(32)23-22(17(2)27-30)18(3)29(28-23)21-12-6-5-7-13-21/h5-13,19H,14-15H2,1-4H3,(H,26,31)/t19-/m1/s1. The summed E-state index contributed by atoms with van der Waals surface area (Å²) in [6.45, 7) is 7.99. The predicted molar refractivity (Wildman–Crippen MR) is 125 cm³/mol. The number of carbonyl (C=O) groups excluding carboxylic acids is 1. The zero-order valence-electron chi connectivity index (χ0n) is 18.8. The summed E-state index contributed by atoms with van der Waals surface area (Å²) in [6.07, 6.45) is 0.728. The van der Waals surface area contributed by atoms with E-state index in [2.05, 4.69) is 34.6 Å². The Kier molecular flexibility index (Phi) is 5.90. The Labute approximate surface area is 186 Å². The maximum Gasteiger partial charge on any atom is 0.295 e. The van der Waals surface area contributed by atoms with Gasteiger partial charge in [-0.1, -0.05) is 42.5 Å². The molecule has 4 aromatic rings. The molecule has 0 aliphatic carbocycles. The first-order valence-corrected chi connectivity index (χ1v) is 10.7. The van der Waals surface area contributed by atoms with Gasteiger partial charge in [0.05, 0.1) is 22.5 Å². The molecule has 7 heteroatoms. The third-order valence-corrected chi connectivity index (χ3v) is 5.85. The van der Waals surface area contributed by atoms with Gasteiger partial charge in [-0.15, -0.1) is 0 Å². The minimum Gasteiger partial charge on any atom is -0.354 e. The molecule has 2 aromatic carbocycles. The van der Waals surface area contributed by atoms with Crippen molar-refractivity contribution in [1.82, 2.24) is 24.9 Å². The molecule has 1 N–H and O–H groups in total. The van der Waals surface area contributed by atoms with E-state index >= 15 is 0 Å². The lowest BCUT2D eigenvalue weighted by Gasteiger charge is -2.15. The second-order valence-corrected chi connectivity index (χ2v) is 8.03. The second-order valence-electron chi connectivity index (χ2n) is 8.03. The van der Waals surface area contributed by atoms with Crippen LogP contribution in [-0.2, 0) is 11.2 Å². The molecule has 0 fully saturated rings. The highest BCUT2D eigenvalue weighted by Gasteiger charge is 2.23. The first-order valence-electron chi connectivity index (χ1n) is 10.7. The van der Waals surface area contributed by atoms with Gasteiger partial charge in [-0.05, 0) is 57.4 Å². The molecule has 0 radical (unpaired) electrons. The fraction of sp³-hybridized carbons (Fsp3) is 0.280. The van der Waals surface area contributed by atoms with Crippen molar-refractivity contribution in [2.75, 3.05) is 6.54 Å². The van der Waals surface area contributed by atoms with E-state index < -0.39 is 6.04 Å². The molecular weight excluding hydrogens is 402 g/mol. The summed E-state index contributed by atoms with van der Waals surface area (Å²) in [5.41, 5.74) is 4.71. The van der Waals surface area contributed by atoms with E-state index in [1.54, 1.807) is 11.6 Å². The first-order chi connectivity index (χ1) is 15.4. The molecule has 4 rings (SSSR count). The van der Waals surface area contributed by atoms with E-state index in [1.165, 1.54) is 15.8 Å². The monoisotopic (exact) mass is 429 g/mol. The summed E-state index contributed by atoms with van der Waals surface area (Å²) in [7, 11) is 0. The summed E-state index contributed by atoms with van der Waals surface area (Å²) in [5.74, 6) is -0.244. The topological polar surface area (TPSA) is 81.8 Å². The first kappa shape index (κ1) is 21.5. The number of aryl methyl sites for hydroxylation is 3. The molecule has 0 aliphatic heterocycles. The van der Waals surface area contributed by atoms with Gasteiger partial charge in [0.25, 0.3) is 5.56 Å². The van der Waals surface area contributed by atoms with Gasteiger partial charge in [-0.2, -0.15) is 10.2 Å². The Hall–Kier alpha value is -3.74. The van der Waals surface area contributed by atoms with Crippen LogP contribution < -0.4 is 10.9 Å². The van der Waals surface area contributed by atoms with E-state index in [-0.39, 0.29) is 11.5 Å². The van der Waals surface area contributed by atoms with Crippen LogP contribution in [0.2, 0.25) is 0 Å². The number of hydrogen-bond donors (Lipinski definition) is 1. The van der Waals surface area contributed by atoms with E-state index in [9.17, 15) is 9.59 Å². The maximum absolute atomic E-state index is 13.2. The number of aromatic nitrogens is 4. The van der Waals surface area contributed by atoms with Gasteiger partial charge in [0.1, 0.15) is 6.04 Å². The smallest absolute Gasteiger partial charge is 0.295 e. The van der Waals surface area contributed by atoms with Crippen LogP contribution in [0.1, 0.15) is 35.5 Å². The molecule has 0 saturated heterocycles. The Morgan fingerprint density at radius 2 is 1.69 bits per heavy atom. The molecule has 0 saturated carbocycles. The molecule has 0 spiro atoms. The minimum absolute atomic E-state index is 0.244. The Balaban J connectivity index is 1.60. The summed E-state index contributed by atoms with van der Waals surface area (Å²) in [5, 5.41) is 12.7. The molecule has 7 nitrogen and oxygen atoms in total. The Bertz CT molecular complexity index is 1340. The molecule has 32 heavy (non-hydrogen) atoms. The highest BCUT2D eigenvalue weighted by molar-refractivity contribution is 5.84. The molecule has 164 valence electrons. The van der Waals surface area contributed by atoms with Gasteiger partial charge in [0.15, 0.2) is 5.52 Å². The Morgan fingerprint density at radius 3 is 2.41 bits per heavy atom. The summed E-state index contributed by atoms with van der Waals surface area (Å²) < 4.78 is 2.99. The second kappa shape index (κ2) is 8.78. The molecular formula is C25H27N5O2. The fourth-order valence-electron chi connectivity index (χ4n) is 4.00. The highest BCUT2D eigenvalue weighted by Crippen LogP contribution is 2.21. The zero-order chi connectivity index (χ0) is 22.8. The lowest BCUT2D eigenvalue weighted by atomic mass is 10.1. The zero-order valence-corrected chi connectivity index (χ0v) is 18.8. The van der Waals surface area contributed by atoms with Gasteiger partial charge in [-0.25, -0.2) is 9.36 Å². The molecule has 0 bridgehead atoms. The van der Waals surface area contributed by atoms with Crippen molar-refractivity contribution in [3.63, 3.8) is 0 Å². The van der Waals surface area contributed by atoms with E-state index in [1.807, 2.05) is 56.3 Å². The summed E-state index contributed by atoms with van der Waals surface area (Å²) in [4.78, 5) is 26.0. The van der Waals surface area contributed by atoms with Crippen molar-refractivity contribution in [2.45, 2.75) is 40.2 Å². The van der Waals surface area contributed by atoms with Crippen LogP contribution in [0.5, 0.6) is 0 Å². The van der Waals surface area contributed by atoms with Crippen molar-refractivity contribution >= 4 is 16.8 Å². The fourth-order valence-corrected chi connectivity index (χ4v) is 4.00. The lowest BCUT2D eigenvalue weighted by molar-refractivity contribution is -0.124. The number of amides is 1. The van der Waals surface area contributed by atoms with Crippen molar-refractivity contribution in [3.05, 3.63) is 87.5 Å². The van der Waals surface area contributed by atoms with Crippen LogP contribution in [0, 0.1) is 20.8 Å². The van der Waals surface area contributed by atoms with E-state index in [4.69, 9.17) is 0 Å². The number of rotatable bonds is 6. The number of carbonyl (C=O) groups is 1. The van der Waals surface area contributed by atoms with Crippen LogP contribution in [0.25, 0.3) is 16.6 Å². The van der Waals surface area contributed by atoms with Gasteiger partial charge in [0, 0.05) is 6.54 Å². The van der Waals surface area contributed by atoms with Crippen molar-refractivity contribution < 1.29 is 4.79 Å². The largest absolute Gasteiger partial charge is 0.354 e. The van der Waals surface area contributed by atoms with Gasteiger partial charge < -0.3 is 5.32 Å². The maximum atomic E-state index is 13.2. The summed E-state index contributed by atoms with van der Waals surface area (Å²) in [6, 6.07) is 17.0. The number of nitrogens with one attached hydrogen (secondary N) is 1. The Morgan fingerprint density at radius 1 is 1.00 bits per heavy atom. The predicted octanol–water partition coefficient (Wildman–Crippen LogP) is 3.43. The van der Waals surface area contributed by atoms with Crippen LogP contribution >= 0.6 is 0 Å². The molecule has 0 unspecified atom stereocenters. The number of benzene rings is 2. The van der Waals surface area contributed by atoms with Gasteiger partial charge in [-0.3, -0.25) is 9.59 Å². The molecule has 0 aliphatic rings. The number of fused-ring (bicyclic) bond motifs is 1. The van der Waals surface area contributed by atoms with Crippen molar-refractivity contribution in [1.29, 1.82) is 0 Å². The van der Waals surface area contributed by atoms with Gasteiger partial charge in [0.2, 0.25) is 5.91 Å². The minimum atomic E-state index is -0.746. The normalized spacial score (nSPS) is 12.1. The van der Waals surface area contributed by atoms with Crippen molar-refractivity contribution in [2.24, 2.45) is 0 Å². The number of para-hydroxylation sites is 1. The molecule has 2 heterocycles. The van der Waals surface area contributed by atoms with E-state index in [0.717, 1.165) is 23.2 Å². The van der Waals surface area contributed by atoms with Crippen molar-refractivity contribution in [3.8, 4) is 5.69 Å². The number of nitrogens with zero attached hydrogens (tertiary/aromatic N) is 4. The quantitative estimate of drug-likeness (QED) is 0.509. The van der Waals surface area contributed by atoms with Crippen LogP contribution in [-0.4, -0.2) is 32.0 Å². The van der Waals surface area contributed by atoms with Gasteiger partial charge >= 0.3 is 0 Å². The SMILES string of the molecule is Cc1ccccc1CCNC(=O)[C@@H](C)n1nc(C)c2c(C)n(-c3ccccc3)nc2c1=O. The molecule has 2 aromatic heterocycles. The van der Waals surface area contributed by atoms with Crippen LogP contribution in [0.15, 0.2) is 59.4 Å². The highest BCUT2D eigenvalue weighted by atomic mass is 16.2. The number of hydrogen-bond acceptors (Lipinski definition) is 4.